The predicted octanol–water partition coefficient (Wildman–Crippen LogP) is 6.61. The highest BCUT2D eigenvalue weighted by Crippen LogP contribution is 2.41. The molecule has 0 unspecified atom stereocenters. The summed E-state index contributed by atoms with van der Waals surface area (Å²) in [6.45, 7) is 5.84. The SMILES string of the molecule is CC(=O)N1c2ccc(-c3ccc(C)cc3)cc2[C@@H](Nc2ccc(Cl)cc2)C[C@H]1C. The van der Waals surface area contributed by atoms with Gasteiger partial charge >= 0.3 is 0 Å². The van der Waals surface area contributed by atoms with Crippen molar-refractivity contribution < 1.29 is 4.79 Å². The second-order valence-corrected chi connectivity index (χ2v) is 8.25. The van der Waals surface area contributed by atoms with E-state index in [1.165, 1.54) is 11.1 Å². The van der Waals surface area contributed by atoms with Crippen molar-refractivity contribution >= 4 is 28.9 Å². The monoisotopic (exact) mass is 404 g/mol. The Kier molecular flexibility index (Phi) is 5.33. The smallest absolute Gasteiger partial charge is 0.224 e. The maximum atomic E-state index is 12.4. The number of carbonyl (C=O) groups is 1. The number of carbonyl (C=O) groups excluding carboxylic acids is 1. The van der Waals surface area contributed by atoms with Gasteiger partial charge in [0.25, 0.3) is 0 Å². The molecule has 4 rings (SSSR count). The molecule has 29 heavy (non-hydrogen) atoms. The molecule has 3 aromatic rings. The van der Waals surface area contributed by atoms with E-state index in [4.69, 9.17) is 11.6 Å². The third-order valence-electron chi connectivity index (χ3n) is 5.59. The van der Waals surface area contributed by atoms with E-state index in [1.807, 2.05) is 29.2 Å². The lowest BCUT2D eigenvalue weighted by molar-refractivity contribution is -0.117. The highest BCUT2D eigenvalue weighted by atomic mass is 35.5. The maximum absolute atomic E-state index is 12.4. The Morgan fingerprint density at radius 1 is 1.00 bits per heavy atom. The highest BCUT2D eigenvalue weighted by molar-refractivity contribution is 6.30. The first-order chi connectivity index (χ1) is 13.9. The van der Waals surface area contributed by atoms with Crippen molar-refractivity contribution in [2.24, 2.45) is 0 Å². The molecule has 0 radical (unpaired) electrons. The van der Waals surface area contributed by atoms with Gasteiger partial charge in [0.15, 0.2) is 0 Å². The zero-order valence-electron chi connectivity index (χ0n) is 16.9. The van der Waals surface area contributed by atoms with Gasteiger partial charge in [0.2, 0.25) is 5.91 Å². The Balaban J connectivity index is 1.77. The number of nitrogens with zero attached hydrogens (tertiary/aromatic N) is 1. The number of amides is 1. The number of hydrogen-bond donors (Lipinski definition) is 1. The molecule has 0 saturated heterocycles. The summed E-state index contributed by atoms with van der Waals surface area (Å²) < 4.78 is 0. The number of rotatable bonds is 3. The molecule has 148 valence electrons. The number of hydrogen-bond acceptors (Lipinski definition) is 2. The summed E-state index contributed by atoms with van der Waals surface area (Å²) in [6, 6.07) is 23.0. The molecule has 2 atom stereocenters. The van der Waals surface area contributed by atoms with Gasteiger partial charge in [-0.15, -0.1) is 0 Å². The van der Waals surface area contributed by atoms with Gasteiger partial charge in [0.1, 0.15) is 0 Å². The van der Waals surface area contributed by atoms with Crippen LogP contribution < -0.4 is 10.2 Å². The van der Waals surface area contributed by atoms with Crippen LogP contribution in [0.1, 0.15) is 37.4 Å². The van der Waals surface area contributed by atoms with Crippen LogP contribution in [0.5, 0.6) is 0 Å². The fraction of sp³-hybridized carbons (Fsp3) is 0.240. The van der Waals surface area contributed by atoms with Crippen molar-refractivity contribution in [3.63, 3.8) is 0 Å². The fourth-order valence-electron chi connectivity index (χ4n) is 4.15. The molecule has 0 bridgehead atoms. The minimum atomic E-state index is 0.0757. The summed E-state index contributed by atoms with van der Waals surface area (Å²) in [5, 5.41) is 4.37. The standard InChI is InChI=1S/C25H25ClN2O/c1-16-4-6-19(7-5-16)20-8-13-25-23(15-20)24(14-17(2)28(25)18(3)29)27-22-11-9-21(26)10-12-22/h4-13,15,17,24,27H,14H2,1-3H3/t17-,24+/m1/s1. The topological polar surface area (TPSA) is 32.3 Å². The van der Waals surface area contributed by atoms with Crippen LogP contribution in [0, 0.1) is 6.92 Å². The summed E-state index contributed by atoms with van der Waals surface area (Å²) in [5.41, 5.74) is 6.73. The van der Waals surface area contributed by atoms with E-state index in [-0.39, 0.29) is 18.0 Å². The van der Waals surface area contributed by atoms with Gasteiger partial charge < -0.3 is 10.2 Å². The normalized spacial score (nSPS) is 18.3. The van der Waals surface area contributed by atoms with Gasteiger partial charge in [-0.1, -0.05) is 47.5 Å². The van der Waals surface area contributed by atoms with E-state index in [2.05, 4.69) is 61.6 Å². The lowest BCUT2D eigenvalue weighted by atomic mass is 9.88. The zero-order chi connectivity index (χ0) is 20.5. The fourth-order valence-corrected chi connectivity index (χ4v) is 4.28. The molecule has 1 aliphatic rings. The first-order valence-electron chi connectivity index (χ1n) is 9.95. The van der Waals surface area contributed by atoms with Crippen LogP contribution in [0.3, 0.4) is 0 Å². The van der Waals surface area contributed by atoms with Gasteiger partial charge in [-0.3, -0.25) is 4.79 Å². The van der Waals surface area contributed by atoms with Crippen LogP contribution >= 0.6 is 11.6 Å². The van der Waals surface area contributed by atoms with Gasteiger partial charge in [-0.05, 0) is 73.4 Å². The van der Waals surface area contributed by atoms with E-state index < -0.39 is 0 Å². The van der Waals surface area contributed by atoms with Crippen molar-refractivity contribution in [3.05, 3.63) is 82.9 Å². The Labute approximate surface area is 177 Å². The number of nitrogens with one attached hydrogen (secondary N) is 1. The average molecular weight is 405 g/mol. The van der Waals surface area contributed by atoms with Gasteiger partial charge in [-0.2, -0.15) is 0 Å². The molecular weight excluding hydrogens is 380 g/mol. The number of anilines is 2. The molecule has 0 aliphatic carbocycles. The third kappa shape index (κ3) is 4.01. The highest BCUT2D eigenvalue weighted by Gasteiger charge is 2.32. The second kappa shape index (κ2) is 7.92. The Morgan fingerprint density at radius 2 is 1.66 bits per heavy atom. The molecule has 4 heteroatoms. The van der Waals surface area contributed by atoms with Gasteiger partial charge in [0, 0.05) is 29.4 Å². The van der Waals surface area contributed by atoms with Crippen LogP contribution in [0.2, 0.25) is 5.02 Å². The molecular formula is C25H25ClN2O. The largest absolute Gasteiger partial charge is 0.378 e. The van der Waals surface area contributed by atoms with Crippen LogP contribution in [-0.2, 0) is 4.79 Å². The van der Waals surface area contributed by atoms with Crippen molar-refractivity contribution in [2.75, 3.05) is 10.2 Å². The van der Waals surface area contributed by atoms with E-state index in [1.54, 1.807) is 6.92 Å². The molecule has 0 fully saturated rings. The Morgan fingerprint density at radius 3 is 2.31 bits per heavy atom. The molecule has 1 aliphatic heterocycles. The van der Waals surface area contributed by atoms with Gasteiger partial charge in [0.05, 0.1) is 6.04 Å². The first kappa shape index (κ1) is 19.5. The van der Waals surface area contributed by atoms with Crippen molar-refractivity contribution in [1.82, 2.24) is 0 Å². The summed E-state index contributed by atoms with van der Waals surface area (Å²) >= 11 is 6.04. The van der Waals surface area contributed by atoms with Crippen molar-refractivity contribution in [2.45, 2.75) is 39.3 Å². The minimum absolute atomic E-state index is 0.0757. The summed E-state index contributed by atoms with van der Waals surface area (Å²) in [4.78, 5) is 14.3. The summed E-state index contributed by atoms with van der Waals surface area (Å²) in [5.74, 6) is 0.0757. The molecule has 0 aromatic heterocycles. The summed E-state index contributed by atoms with van der Waals surface area (Å²) in [7, 11) is 0. The molecule has 0 saturated carbocycles. The molecule has 1 heterocycles. The summed E-state index contributed by atoms with van der Waals surface area (Å²) in [6.07, 6.45) is 0.840. The molecule has 1 N–H and O–H groups in total. The number of fused-ring (bicyclic) bond motifs is 1. The second-order valence-electron chi connectivity index (χ2n) is 7.82. The Bertz CT molecular complexity index is 1030. The van der Waals surface area contributed by atoms with E-state index in [0.29, 0.717) is 0 Å². The zero-order valence-corrected chi connectivity index (χ0v) is 17.7. The van der Waals surface area contributed by atoms with E-state index in [0.717, 1.165) is 33.9 Å². The predicted molar refractivity (Wildman–Crippen MR) is 122 cm³/mol. The van der Waals surface area contributed by atoms with Crippen LogP contribution in [0.15, 0.2) is 66.7 Å². The quantitative estimate of drug-likeness (QED) is 0.532. The van der Waals surface area contributed by atoms with Crippen LogP contribution in [0.4, 0.5) is 11.4 Å². The maximum Gasteiger partial charge on any atom is 0.224 e. The minimum Gasteiger partial charge on any atom is -0.378 e. The average Bonchev–Trinajstić information content (AvgIpc) is 2.70. The molecule has 3 aromatic carbocycles. The van der Waals surface area contributed by atoms with Crippen LogP contribution in [0.25, 0.3) is 11.1 Å². The molecule has 1 amide bonds. The van der Waals surface area contributed by atoms with E-state index in [9.17, 15) is 4.79 Å². The third-order valence-corrected chi connectivity index (χ3v) is 5.84. The van der Waals surface area contributed by atoms with Crippen molar-refractivity contribution in [1.29, 1.82) is 0 Å². The number of aryl methyl sites for hydroxylation is 1. The van der Waals surface area contributed by atoms with Gasteiger partial charge in [-0.25, -0.2) is 0 Å². The molecule has 3 nitrogen and oxygen atoms in total. The number of benzene rings is 3. The van der Waals surface area contributed by atoms with Crippen molar-refractivity contribution in [3.8, 4) is 11.1 Å². The van der Waals surface area contributed by atoms with Crippen LogP contribution in [-0.4, -0.2) is 11.9 Å². The Hall–Kier alpha value is -2.78. The van der Waals surface area contributed by atoms with E-state index >= 15 is 0 Å². The first-order valence-corrected chi connectivity index (χ1v) is 10.3. The lowest BCUT2D eigenvalue weighted by Gasteiger charge is -2.39. The number of halogens is 1. The lowest BCUT2D eigenvalue weighted by Crippen LogP contribution is -2.43. The molecule has 0 spiro atoms.